The summed E-state index contributed by atoms with van der Waals surface area (Å²) in [5.41, 5.74) is 1.30. The largest absolute Gasteiger partial charge is 0.381 e. The number of rotatable bonds is 4. The fourth-order valence-corrected chi connectivity index (χ4v) is 3.04. The fourth-order valence-electron chi connectivity index (χ4n) is 2.66. The van der Waals surface area contributed by atoms with E-state index in [9.17, 15) is 0 Å². The van der Waals surface area contributed by atoms with E-state index in [-0.39, 0.29) is 0 Å². The van der Waals surface area contributed by atoms with Gasteiger partial charge in [0.05, 0.1) is 0 Å². The molecule has 0 radical (unpaired) electrons. The molecule has 3 nitrogen and oxygen atoms in total. The zero-order chi connectivity index (χ0) is 13.1. The van der Waals surface area contributed by atoms with Crippen molar-refractivity contribution in [2.24, 2.45) is 0 Å². The van der Waals surface area contributed by atoms with Gasteiger partial charge in [-0.3, -0.25) is 0 Å². The molecule has 2 heterocycles. The van der Waals surface area contributed by atoms with E-state index >= 15 is 0 Å². The van der Waals surface area contributed by atoms with Gasteiger partial charge in [-0.15, -0.1) is 0 Å². The molecule has 1 N–H and O–H groups in total. The lowest BCUT2D eigenvalue weighted by Crippen LogP contribution is -2.36. The molecule has 1 aromatic carbocycles. The zero-order valence-corrected chi connectivity index (χ0v) is 12.5. The van der Waals surface area contributed by atoms with Crippen molar-refractivity contribution in [3.8, 4) is 0 Å². The van der Waals surface area contributed by atoms with Gasteiger partial charge in [0.15, 0.2) is 0 Å². The summed E-state index contributed by atoms with van der Waals surface area (Å²) in [6, 6.07) is 9.25. The maximum absolute atomic E-state index is 5.37. The number of fused-ring (bicyclic) bond motifs is 1. The minimum absolute atomic E-state index is 0.629. The van der Waals surface area contributed by atoms with Crippen LogP contribution in [0, 0.1) is 0 Å². The molecule has 2 aromatic rings. The summed E-state index contributed by atoms with van der Waals surface area (Å²) in [7, 11) is 0. The molecule has 1 aromatic heterocycles. The summed E-state index contributed by atoms with van der Waals surface area (Å²) in [6.07, 6.45) is 4.45. The van der Waals surface area contributed by atoms with Crippen molar-refractivity contribution in [1.82, 2.24) is 9.88 Å². The standard InChI is InChI=1S/C15H19BrN2O/c16-13-1-2-15-12(11-13)3-7-18(15)8-6-17-14-4-9-19-10-5-14/h1-3,7,11,14,17H,4-6,8-10H2. The van der Waals surface area contributed by atoms with Crippen molar-refractivity contribution in [2.75, 3.05) is 19.8 Å². The summed E-state index contributed by atoms with van der Waals surface area (Å²) in [5, 5.41) is 4.92. The number of halogens is 1. The molecule has 0 saturated carbocycles. The van der Waals surface area contributed by atoms with Crippen LogP contribution in [0.25, 0.3) is 10.9 Å². The number of hydrogen-bond acceptors (Lipinski definition) is 2. The van der Waals surface area contributed by atoms with Crippen molar-refractivity contribution in [3.05, 3.63) is 34.9 Å². The number of benzene rings is 1. The molecule has 4 heteroatoms. The predicted octanol–water partition coefficient (Wildman–Crippen LogP) is 3.17. The highest BCUT2D eigenvalue weighted by molar-refractivity contribution is 9.10. The first-order valence-electron chi connectivity index (χ1n) is 6.88. The molecule has 1 aliphatic heterocycles. The van der Waals surface area contributed by atoms with Crippen LogP contribution in [0.15, 0.2) is 34.9 Å². The molecule has 102 valence electrons. The third kappa shape index (κ3) is 3.19. The van der Waals surface area contributed by atoms with E-state index < -0.39 is 0 Å². The third-order valence-electron chi connectivity index (χ3n) is 3.74. The van der Waals surface area contributed by atoms with Crippen LogP contribution in [0.2, 0.25) is 0 Å². The topological polar surface area (TPSA) is 26.2 Å². The van der Waals surface area contributed by atoms with Crippen LogP contribution in [-0.2, 0) is 11.3 Å². The molecule has 0 spiro atoms. The van der Waals surface area contributed by atoms with Crippen LogP contribution >= 0.6 is 15.9 Å². The molecule has 0 atom stereocenters. The van der Waals surface area contributed by atoms with Crippen LogP contribution in [0.5, 0.6) is 0 Å². The fraction of sp³-hybridized carbons (Fsp3) is 0.467. The van der Waals surface area contributed by atoms with E-state index in [2.05, 4.69) is 56.3 Å². The van der Waals surface area contributed by atoms with Gasteiger partial charge in [-0.2, -0.15) is 0 Å². The summed E-state index contributed by atoms with van der Waals surface area (Å²) in [6.45, 7) is 3.84. The van der Waals surface area contributed by atoms with Gasteiger partial charge >= 0.3 is 0 Å². The highest BCUT2D eigenvalue weighted by Gasteiger charge is 2.12. The van der Waals surface area contributed by atoms with Crippen molar-refractivity contribution in [2.45, 2.75) is 25.4 Å². The first kappa shape index (κ1) is 13.2. The maximum atomic E-state index is 5.37. The molecule has 0 unspecified atom stereocenters. The van der Waals surface area contributed by atoms with Crippen LogP contribution in [0.1, 0.15) is 12.8 Å². The third-order valence-corrected chi connectivity index (χ3v) is 4.23. The zero-order valence-electron chi connectivity index (χ0n) is 10.9. The summed E-state index contributed by atoms with van der Waals surface area (Å²) in [4.78, 5) is 0. The molecule has 3 rings (SSSR count). The summed E-state index contributed by atoms with van der Waals surface area (Å²) < 4.78 is 8.82. The molecule has 0 amide bonds. The number of aromatic nitrogens is 1. The smallest absolute Gasteiger partial charge is 0.0481 e. The van der Waals surface area contributed by atoms with Gasteiger partial charge in [0.25, 0.3) is 0 Å². The molecule has 19 heavy (non-hydrogen) atoms. The van der Waals surface area contributed by atoms with Gasteiger partial charge in [0.2, 0.25) is 0 Å². The second-order valence-electron chi connectivity index (χ2n) is 5.05. The van der Waals surface area contributed by atoms with Gasteiger partial charge in [0, 0.05) is 53.9 Å². The lowest BCUT2D eigenvalue weighted by molar-refractivity contribution is 0.0779. The first-order chi connectivity index (χ1) is 9.33. The Morgan fingerprint density at radius 3 is 2.95 bits per heavy atom. The number of ether oxygens (including phenoxy) is 1. The minimum atomic E-state index is 0.629. The quantitative estimate of drug-likeness (QED) is 0.935. The Labute approximate surface area is 122 Å². The van der Waals surface area contributed by atoms with Crippen molar-refractivity contribution in [1.29, 1.82) is 0 Å². The number of nitrogens with zero attached hydrogens (tertiary/aromatic N) is 1. The summed E-state index contributed by atoms with van der Waals surface area (Å²) in [5.74, 6) is 0. The Morgan fingerprint density at radius 1 is 1.26 bits per heavy atom. The van der Waals surface area contributed by atoms with E-state index in [1.54, 1.807) is 0 Å². The monoisotopic (exact) mass is 322 g/mol. The SMILES string of the molecule is Brc1ccc2c(ccn2CCNC2CCOCC2)c1. The molecule has 0 aliphatic carbocycles. The van der Waals surface area contributed by atoms with Gasteiger partial charge in [0.1, 0.15) is 0 Å². The highest BCUT2D eigenvalue weighted by Crippen LogP contribution is 2.20. The van der Waals surface area contributed by atoms with Crippen LogP contribution in [0.3, 0.4) is 0 Å². The van der Waals surface area contributed by atoms with Crippen LogP contribution in [-0.4, -0.2) is 30.4 Å². The molecular weight excluding hydrogens is 304 g/mol. The van der Waals surface area contributed by atoms with E-state index in [4.69, 9.17) is 4.74 Å². The highest BCUT2D eigenvalue weighted by atomic mass is 79.9. The Bertz CT molecular complexity index is 546. The molecule has 1 fully saturated rings. The molecule has 1 aliphatic rings. The minimum Gasteiger partial charge on any atom is -0.381 e. The lowest BCUT2D eigenvalue weighted by atomic mass is 10.1. The Balaban J connectivity index is 1.59. The van der Waals surface area contributed by atoms with E-state index in [0.29, 0.717) is 6.04 Å². The Hall–Kier alpha value is -0.840. The van der Waals surface area contributed by atoms with E-state index in [1.165, 1.54) is 10.9 Å². The van der Waals surface area contributed by atoms with Crippen molar-refractivity contribution < 1.29 is 4.74 Å². The average molecular weight is 323 g/mol. The number of hydrogen-bond donors (Lipinski definition) is 1. The van der Waals surface area contributed by atoms with Crippen LogP contribution in [0.4, 0.5) is 0 Å². The van der Waals surface area contributed by atoms with Gasteiger partial charge in [-0.05, 0) is 37.1 Å². The van der Waals surface area contributed by atoms with Crippen molar-refractivity contribution in [3.63, 3.8) is 0 Å². The number of nitrogens with one attached hydrogen (secondary N) is 1. The normalized spacial score (nSPS) is 17.1. The molecule has 0 bridgehead atoms. The summed E-state index contributed by atoms with van der Waals surface area (Å²) >= 11 is 3.51. The second kappa shape index (κ2) is 6.07. The van der Waals surface area contributed by atoms with Crippen molar-refractivity contribution >= 4 is 26.8 Å². The maximum Gasteiger partial charge on any atom is 0.0481 e. The van der Waals surface area contributed by atoms with Gasteiger partial charge in [-0.25, -0.2) is 0 Å². The lowest BCUT2D eigenvalue weighted by Gasteiger charge is -2.23. The average Bonchev–Trinajstić information content (AvgIpc) is 2.82. The van der Waals surface area contributed by atoms with Gasteiger partial charge < -0.3 is 14.6 Å². The van der Waals surface area contributed by atoms with E-state index in [0.717, 1.165) is 43.6 Å². The Kier molecular flexibility index (Phi) is 4.21. The first-order valence-corrected chi connectivity index (χ1v) is 7.68. The second-order valence-corrected chi connectivity index (χ2v) is 5.97. The molecule has 1 saturated heterocycles. The Morgan fingerprint density at radius 2 is 2.11 bits per heavy atom. The van der Waals surface area contributed by atoms with Gasteiger partial charge in [-0.1, -0.05) is 15.9 Å². The molecular formula is C15H19BrN2O. The van der Waals surface area contributed by atoms with Crippen LogP contribution < -0.4 is 5.32 Å². The predicted molar refractivity (Wildman–Crippen MR) is 81.5 cm³/mol. The van der Waals surface area contributed by atoms with E-state index in [1.807, 2.05) is 0 Å².